The molecule has 6 nitrogen and oxygen atoms in total. The number of rotatable bonds is 8. The van der Waals surface area contributed by atoms with E-state index in [4.69, 9.17) is 32.7 Å². The van der Waals surface area contributed by atoms with Crippen molar-refractivity contribution >= 4 is 41.2 Å². The van der Waals surface area contributed by atoms with E-state index < -0.39 is 0 Å². The first-order chi connectivity index (χ1) is 14.0. The molecule has 1 aromatic heterocycles. The number of nitrogens with zero attached hydrogens (tertiary/aromatic N) is 4. The van der Waals surface area contributed by atoms with Crippen LogP contribution in [-0.2, 0) is 13.0 Å². The van der Waals surface area contributed by atoms with Gasteiger partial charge in [-0.15, -0.1) is 10.2 Å². The molecule has 2 aromatic carbocycles. The second-order valence-electron chi connectivity index (χ2n) is 5.95. The smallest absolute Gasteiger partial charge is 0.211 e. The van der Waals surface area contributed by atoms with E-state index in [0.29, 0.717) is 28.2 Å². The highest BCUT2D eigenvalue weighted by molar-refractivity contribution is 7.98. The van der Waals surface area contributed by atoms with Gasteiger partial charge in [0.2, 0.25) is 5.16 Å². The third-order valence-corrected chi connectivity index (χ3v) is 5.29. The fourth-order valence-corrected chi connectivity index (χ4v) is 3.47. The molecule has 0 radical (unpaired) electrons. The molecule has 0 atom stereocenters. The molecule has 0 amide bonds. The van der Waals surface area contributed by atoms with Gasteiger partial charge in [-0.1, -0.05) is 48.0 Å². The third kappa shape index (κ3) is 5.23. The van der Waals surface area contributed by atoms with Gasteiger partial charge in [-0.2, -0.15) is 9.78 Å². The van der Waals surface area contributed by atoms with Gasteiger partial charge < -0.3 is 9.47 Å². The minimum Gasteiger partial charge on any atom is -0.493 e. The predicted octanol–water partition coefficient (Wildman–Crippen LogP) is 5.34. The Morgan fingerprint density at radius 2 is 1.97 bits per heavy atom. The Morgan fingerprint density at radius 1 is 1.14 bits per heavy atom. The van der Waals surface area contributed by atoms with Crippen molar-refractivity contribution < 1.29 is 9.47 Å². The largest absolute Gasteiger partial charge is 0.493 e. The lowest BCUT2D eigenvalue weighted by atomic mass is 10.2. The van der Waals surface area contributed by atoms with Crippen LogP contribution in [0.15, 0.2) is 46.7 Å². The minimum absolute atomic E-state index is 0.303. The van der Waals surface area contributed by atoms with E-state index in [1.54, 1.807) is 30.1 Å². The topological polar surface area (TPSA) is 61.5 Å². The second kappa shape index (κ2) is 10.0. The quantitative estimate of drug-likeness (QED) is 0.342. The van der Waals surface area contributed by atoms with Crippen LogP contribution in [0.5, 0.6) is 11.5 Å². The SMILES string of the molecule is CCc1nnc(SC)n1/N=C\c1ccc(OCc2ccc(Cl)cc2Cl)c(OC)c1. The number of benzene rings is 2. The third-order valence-electron chi connectivity index (χ3n) is 4.08. The van der Waals surface area contributed by atoms with Crippen molar-refractivity contribution in [3.63, 3.8) is 0 Å². The zero-order chi connectivity index (χ0) is 20.8. The Morgan fingerprint density at radius 3 is 2.66 bits per heavy atom. The monoisotopic (exact) mass is 450 g/mol. The highest BCUT2D eigenvalue weighted by Crippen LogP contribution is 2.30. The van der Waals surface area contributed by atoms with Gasteiger partial charge in [0.05, 0.1) is 13.3 Å². The van der Waals surface area contributed by atoms with Crippen LogP contribution < -0.4 is 9.47 Å². The number of hydrogen-bond donors (Lipinski definition) is 0. The van der Waals surface area contributed by atoms with Gasteiger partial charge in [0.1, 0.15) is 6.61 Å². The summed E-state index contributed by atoms with van der Waals surface area (Å²) in [4.78, 5) is 0. The Hall–Kier alpha value is -2.22. The molecule has 0 fully saturated rings. The lowest BCUT2D eigenvalue weighted by Crippen LogP contribution is -2.00. The maximum atomic E-state index is 6.21. The summed E-state index contributed by atoms with van der Waals surface area (Å²) in [6.45, 7) is 2.32. The number of aryl methyl sites for hydroxylation is 1. The van der Waals surface area contributed by atoms with Crippen molar-refractivity contribution in [3.8, 4) is 11.5 Å². The van der Waals surface area contributed by atoms with Gasteiger partial charge in [-0.05, 0) is 42.2 Å². The molecule has 0 unspecified atom stereocenters. The summed E-state index contributed by atoms with van der Waals surface area (Å²) in [7, 11) is 1.60. The van der Waals surface area contributed by atoms with Gasteiger partial charge in [0.15, 0.2) is 17.3 Å². The molecule has 9 heteroatoms. The maximum Gasteiger partial charge on any atom is 0.211 e. The summed E-state index contributed by atoms with van der Waals surface area (Å²) in [6, 6.07) is 10.9. The van der Waals surface area contributed by atoms with Crippen molar-refractivity contribution in [2.45, 2.75) is 25.1 Å². The van der Waals surface area contributed by atoms with Crippen LogP contribution in [0.1, 0.15) is 23.9 Å². The Labute approximate surface area is 183 Å². The van der Waals surface area contributed by atoms with E-state index in [1.165, 1.54) is 11.8 Å². The van der Waals surface area contributed by atoms with Gasteiger partial charge >= 0.3 is 0 Å². The van der Waals surface area contributed by atoms with Gasteiger partial charge in [-0.3, -0.25) is 0 Å². The normalized spacial score (nSPS) is 11.2. The molecule has 0 aliphatic rings. The molecule has 0 N–H and O–H groups in total. The highest BCUT2D eigenvalue weighted by atomic mass is 35.5. The average molecular weight is 451 g/mol. The summed E-state index contributed by atoms with van der Waals surface area (Å²) in [5.74, 6) is 2.01. The lowest BCUT2D eigenvalue weighted by molar-refractivity contribution is 0.284. The summed E-state index contributed by atoms with van der Waals surface area (Å²) in [6.07, 6.45) is 4.43. The molecule has 152 valence electrons. The number of hydrogen-bond acceptors (Lipinski definition) is 6. The first-order valence-electron chi connectivity index (χ1n) is 8.83. The van der Waals surface area contributed by atoms with Crippen LogP contribution in [-0.4, -0.2) is 34.5 Å². The molecule has 29 heavy (non-hydrogen) atoms. The Bertz CT molecular complexity index is 1000. The number of halogens is 2. The zero-order valence-electron chi connectivity index (χ0n) is 16.2. The molecule has 1 heterocycles. The molecule has 0 bridgehead atoms. The predicted molar refractivity (Wildman–Crippen MR) is 118 cm³/mol. The molecular weight excluding hydrogens is 431 g/mol. The van der Waals surface area contributed by atoms with Crippen LogP contribution in [0.2, 0.25) is 10.0 Å². The molecular formula is C20H20Cl2N4O2S. The molecule has 3 aromatic rings. The molecule has 0 spiro atoms. The van der Waals surface area contributed by atoms with Crippen LogP contribution in [0, 0.1) is 0 Å². The van der Waals surface area contributed by atoms with Gasteiger partial charge in [-0.25, -0.2) is 0 Å². The number of aromatic nitrogens is 3. The fourth-order valence-electron chi connectivity index (χ4n) is 2.56. The zero-order valence-corrected chi connectivity index (χ0v) is 18.6. The van der Waals surface area contributed by atoms with Gasteiger partial charge in [0, 0.05) is 22.0 Å². The number of methoxy groups -OCH3 is 1. The van der Waals surface area contributed by atoms with Crippen molar-refractivity contribution in [2.75, 3.05) is 13.4 Å². The van der Waals surface area contributed by atoms with E-state index in [1.807, 2.05) is 37.4 Å². The van der Waals surface area contributed by atoms with E-state index in [0.717, 1.165) is 28.5 Å². The van der Waals surface area contributed by atoms with Crippen molar-refractivity contribution in [1.29, 1.82) is 0 Å². The first-order valence-corrected chi connectivity index (χ1v) is 10.8. The van der Waals surface area contributed by atoms with Crippen LogP contribution in [0.25, 0.3) is 0 Å². The Balaban J connectivity index is 1.77. The van der Waals surface area contributed by atoms with Crippen LogP contribution in [0.4, 0.5) is 0 Å². The average Bonchev–Trinajstić information content (AvgIpc) is 3.13. The Kier molecular flexibility index (Phi) is 7.41. The molecule has 0 aliphatic heterocycles. The highest BCUT2D eigenvalue weighted by Gasteiger charge is 2.10. The van der Waals surface area contributed by atoms with Crippen LogP contribution in [0.3, 0.4) is 0 Å². The van der Waals surface area contributed by atoms with Crippen molar-refractivity contribution in [3.05, 3.63) is 63.4 Å². The van der Waals surface area contributed by atoms with Gasteiger partial charge in [0.25, 0.3) is 0 Å². The molecule has 0 saturated heterocycles. The lowest BCUT2D eigenvalue weighted by Gasteiger charge is -2.12. The number of thioether (sulfide) groups is 1. The molecule has 0 aliphatic carbocycles. The standard InChI is InChI=1S/C20H20Cl2N4O2S/c1-4-19-24-25-20(29-3)26(19)23-11-13-5-8-17(18(9-13)27-2)28-12-14-6-7-15(21)10-16(14)22/h5-11H,4,12H2,1-3H3/b23-11-. The van der Waals surface area contributed by atoms with E-state index in [9.17, 15) is 0 Å². The minimum atomic E-state index is 0.303. The summed E-state index contributed by atoms with van der Waals surface area (Å²) >= 11 is 13.6. The molecule has 0 saturated carbocycles. The summed E-state index contributed by atoms with van der Waals surface area (Å²) < 4.78 is 13.1. The summed E-state index contributed by atoms with van der Waals surface area (Å²) in [5, 5.41) is 14.7. The number of ether oxygens (including phenoxy) is 2. The second-order valence-corrected chi connectivity index (χ2v) is 7.56. The first kappa shape index (κ1) is 21.5. The van der Waals surface area contributed by atoms with Crippen molar-refractivity contribution in [1.82, 2.24) is 14.9 Å². The summed E-state index contributed by atoms with van der Waals surface area (Å²) in [5.41, 5.74) is 1.70. The fraction of sp³-hybridized carbons (Fsp3) is 0.250. The maximum absolute atomic E-state index is 6.21. The molecule has 3 rings (SSSR count). The van der Waals surface area contributed by atoms with E-state index in [2.05, 4.69) is 15.3 Å². The van der Waals surface area contributed by atoms with E-state index in [-0.39, 0.29) is 0 Å². The van der Waals surface area contributed by atoms with Crippen molar-refractivity contribution in [2.24, 2.45) is 5.10 Å². The van der Waals surface area contributed by atoms with E-state index >= 15 is 0 Å². The van der Waals surface area contributed by atoms with Crippen LogP contribution >= 0.6 is 35.0 Å².